The lowest BCUT2D eigenvalue weighted by Crippen LogP contribution is -2.38. The zero-order valence-electron chi connectivity index (χ0n) is 16.6. The number of halogens is 2. The summed E-state index contributed by atoms with van der Waals surface area (Å²) in [5.74, 6) is -0.419. The van der Waals surface area contributed by atoms with Crippen LogP contribution in [-0.4, -0.2) is 34.1 Å². The van der Waals surface area contributed by atoms with E-state index in [4.69, 9.17) is 11.6 Å². The van der Waals surface area contributed by atoms with E-state index in [9.17, 15) is 9.18 Å². The van der Waals surface area contributed by atoms with Crippen LogP contribution in [0.25, 0.3) is 10.6 Å². The molecule has 0 aliphatic carbocycles. The Kier molecular flexibility index (Phi) is 6.41. The molecule has 3 aromatic rings. The third kappa shape index (κ3) is 4.86. The molecule has 4 rings (SSSR count). The van der Waals surface area contributed by atoms with Gasteiger partial charge < -0.3 is 5.32 Å². The Morgan fingerprint density at radius 3 is 2.63 bits per heavy atom. The van der Waals surface area contributed by atoms with Crippen molar-refractivity contribution in [1.29, 1.82) is 0 Å². The highest BCUT2D eigenvalue weighted by atomic mass is 35.5. The highest BCUT2D eigenvalue weighted by Crippen LogP contribution is 2.28. The van der Waals surface area contributed by atoms with Crippen LogP contribution < -0.4 is 5.32 Å². The second kappa shape index (κ2) is 9.20. The minimum atomic E-state index is -0.289. The highest BCUT2D eigenvalue weighted by molar-refractivity contribution is 7.18. The van der Waals surface area contributed by atoms with Gasteiger partial charge in [0.1, 0.15) is 10.8 Å². The van der Waals surface area contributed by atoms with Crippen LogP contribution in [0, 0.1) is 18.7 Å². The molecule has 1 aromatic heterocycles. The molecule has 1 amide bonds. The fourth-order valence-corrected chi connectivity index (χ4v) is 4.53. The number of piperidine rings is 1. The lowest BCUT2D eigenvalue weighted by atomic mass is 9.95. The number of hydrogen-bond donors (Lipinski definition) is 1. The molecule has 0 spiro atoms. The number of hydrogen-bond acceptors (Lipinski definition) is 5. The molecule has 156 valence electrons. The molecule has 0 saturated carbocycles. The van der Waals surface area contributed by atoms with E-state index in [1.165, 1.54) is 23.0 Å². The molecule has 0 unspecified atom stereocenters. The minimum Gasteiger partial charge on any atom is -0.300 e. The number of benzene rings is 2. The molecule has 1 aliphatic heterocycles. The number of likely N-dealkylation sites (tertiary alicyclic amines) is 1. The monoisotopic (exact) mass is 444 g/mol. The first-order valence-corrected chi connectivity index (χ1v) is 11.1. The zero-order valence-corrected chi connectivity index (χ0v) is 18.1. The van der Waals surface area contributed by atoms with Crippen molar-refractivity contribution in [2.24, 2.45) is 5.92 Å². The van der Waals surface area contributed by atoms with Crippen molar-refractivity contribution in [1.82, 2.24) is 15.1 Å². The number of nitrogens with zero attached hydrogens (tertiary/aromatic N) is 3. The van der Waals surface area contributed by atoms with Gasteiger partial charge in [-0.1, -0.05) is 58.8 Å². The van der Waals surface area contributed by atoms with E-state index in [0.717, 1.165) is 10.6 Å². The Morgan fingerprint density at radius 1 is 1.20 bits per heavy atom. The Bertz CT molecular complexity index is 1010. The molecule has 2 aromatic carbocycles. The molecule has 1 saturated heterocycles. The predicted molar refractivity (Wildman–Crippen MR) is 118 cm³/mol. The van der Waals surface area contributed by atoms with Gasteiger partial charge in [0.25, 0.3) is 0 Å². The van der Waals surface area contributed by atoms with Gasteiger partial charge in [0.2, 0.25) is 11.0 Å². The van der Waals surface area contributed by atoms with Gasteiger partial charge in [-0.2, -0.15) is 0 Å². The number of amides is 1. The van der Waals surface area contributed by atoms with Crippen molar-refractivity contribution in [3.8, 4) is 10.6 Å². The lowest BCUT2D eigenvalue weighted by molar-refractivity contribution is -0.121. The fraction of sp³-hybridized carbons (Fsp3) is 0.318. The van der Waals surface area contributed by atoms with Crippen LogP contribution in [0.15, 0.2) is 42.5 Å². The van der Waals surface area contributed by atoms with Gasteiger partial charge in [0.15, 0.2) is 0 Å². The largest absolute Gasteiger partial charge is 0.300 e. The van der Waals surface area contributed by atoms with Gasteiger partial charge in [-0.05, 0) is 45.0 Å². The summed E-state index contributed by atoms with van der Waals surface area (Å²) in [7, 11) is 0. The Hall–Kier alpha value is -2.35. The van der Waals surface area contributed by atoms with E-state index < -0.39 is 0 Å². The molecular formula is C22H22ClFN4OS. The summed E-state index contributed by atoms with van der Waals surface area (Å²) in [6, 6.07) is 12.8. The molecule has 8 heteroatoms. The smallest absolute Gasteiger partial charge is 0.229 e. The lowest BCUT2D eigenvalue weighted by Gasteiger charge is -2.31. The second-order valence-electron chi connectivity index (χ2n) is 7.52. The number of rotatable bonds is 5. The van der Waals surface area contributed by atoms with Crippen molar-refractivity contribution < 1.29 is 9.18 Å². The van der Waals surface area contributed by atoms with Crippen LogP contribution in [0.3, 0.4) is 0 Å². The topological polar surface area (TPSA) is 58.1 Å². The minimum absolute atomic E-state index is 0.0369. The van der Waals surface area contributed by atoms with E-state index in [1.807, 2.05) is 31.2 Å². The maximum Gasteiger partial charge on any atom is 0.229 e. The van der Waals surface area contributed by atoms with Crippen LogP contribution in [0.2, 0.25) is 5.02 Å². The first-order chi connectivity index (χ1) is 14.5. The standard InChI is InChI=1S/C22H22ClFN4OS/c1-14-5-7-16(8-6-14)21-26-27-22(30-21)25-20(29)15-9-11-28(12-10-15)13-17-18(23)3-2-4-19(17)24/h2-8,15H,9-13H2,1H3,(H,25,27,29). The molecule has 5 nitrogen and oxygen atoms in total. The SMILES string of the molecule is Cc1ccc(-c2nnc(NC(=O)C3CCN(Cc4c(F)cccc4Cl)CC3)s2)cc1. The molecule has 0 bridgehead atoms. The van der Waals surface area contributed by atoms with Crippen molar-refractivity contribution in [2.75, 3.05) is 18.4 Å². The van der Waals surface area contributed by atoms with Crippen LogP contribution in [-0.2, 0) is 11.3 Å². The maximum atomic E-state index is 14.0. The summed E-state index contributed by atoms with van der Waals surface area (Å²) in [6.45, 7) is 3.92. The average molecular weight is 445 g/mol. The Labute approximate surface area is 183 Å². The molecule has 0 atom stereocenters. The number of aromatic nitrogens is 2. The van der Waals surface area contributed by atoms with E-state index >= 15 is 0 Å². The van der Waals surface area contributed by atoms with Gasteiger partial charge in [0.05, 0.1) is 0 Å². The quantitative estimate of drug-likeness (QED) is 0.590. The van der Waals surface area contributed by atoms with Crippen molar-refractivity contribution in [3.05, 3.63) is 64.4 Å². The number of anilines is 1. The normalized spacial score (nSPS) is 15.3. The average Bonchev–Trinajstić information content (AvgIpc) is 3.20. The van der Waals surface area contributed by atoms with Gasteiger partial charge >= 0.3 is 0 Å². The Balaban J connectivity index is 1.31. The van der Waals surface area contributed by atoms with E-state index in [0.29, 0.717) is 48.2 Å². The summed E-state index contributed by atoms with van der Waals surface area (Å²) in [6.07, 6.45) is 1.42. The first kappa shape index (κ1) is 20.9. The van der Waals surface area contributed by atoms with E-state index in [2.05, 4.69) is 20.4 Å². The predicted octanol–water partition coefficient (Wildman–Crippen LogP) is 5.16. The summed E-state index contributed by atoms with van der Waals surface area (Å²) >= 11 is 7.50. The van der Waals surface area contributed by atoms with Gasteiger partial charge in [0, 0.05) is 28.6 Å². The number of aryl methyl sites for hydroxylation is 1. The van der Waals surface area contributed by atoms with Crippen LogP contribution in [0.5, 0.6) is 0 Å². The first-order valence-electron chi connectivity index (χ1n) is 9.86. The van der Waals surface area contributed by atoms with Crippen molar-refractivity contribution in [2.45, 2.75) is 26.3 Å². The second-order valence-corrected chi connectivity index (χ2v) is 8.90. The van der Waals surface area contributed by atoms with Crippen molar-refractivity contribution in [3.63, 3.8) is 0 Å². The fourth-order valence-electron chi connectivity index (χ4n) is 3.55. The molecular weight excluding hydrogens is 423 g/mol. The van der Waals surface area contributed by atoms with E-state index in [-0.39, 0.29) is 17.6 Å². The molecule has 1 fully saturated rings. The molecule has 1 N–H and O–H groups in total. The van der Waals surface area contributed by atoms with Crippen LogP contribution in [0.4, 0.5) is 9.52 Å². The van der Waals surface area contributed by atoms with E-state index in [1.54, 1.807) is 12.1 Å². The number of nitrogens with one attached hydrogen (secondary N) is 1. The van der Waals surface area contributed by atoms with Crippen LogP contribution in [0.1, 0.15) is 24.0 Å². The summed E-state index contributed by atoms with van der Waals surface area (Å²) in [5, 5.41) is 12.9. The van der Waals surface area contributed by atoms with Gasteiger partial charge in [-0.25, -0.2) is 4.39 Å². The zero-order chi connectivity index (χ0) is 21.1. The molecule has 2 heterocycles. The summed E-state index contributed by atoms with van der Waals surface area (Å²) < 4.78 is 14.0. The molecule has 0 radical (unpaired) electrons. The van der Waals surface area contributed by atoms with Gasteiger partial charge in [-0.3, -0.25) is 9.69 Å². The molecule has 30 heavy (non-hydrogen) atoms. The molecule has 1 aliphatic rings. The third-order valence-electron chi connectivity index (χ3n) is 5.36. The number of carbonyl (C=O) groups excluding carboxylic acids is 1. The Morgan fingerprint density at radius 2 is 1.93 bits per heavy atom. The van der Waals surface area contributed by atoms with Gasteiger partial charge in [-0.15, -0.1) is 10.2 Å². The third-order valence-corrected chi connectivity index (χ3v) is 6.60. The summed E-state index contributed by atoms with van der Waals surface area (Å²) in [5.41, 5.74) is 2.68. The number of carbonyl (C=O) groups is 1. The van der Waals surface area contributed by atoms with Crippen molar-refractivity contribution >= 4 is 34.0 Å². The van der Waals surface area contributed by atoms with Crippen LogP contribution >= 0.6 is 22.9 Å². The highest BCUT2D eigenvalue weighted by Gasteiger charge is 2.26. The maximum absolute atomic E-state index is 14.0. The summed E-state index contributed by atoms with van der Waals surface area (Å²) in [4.78, 5) is 14.8.